The summed E-state index contributed by atoms with van der Waals surface area (Å²) in [5.41, 5.74) is 3.90. The van der Waals surface area contributed by atoms with E-state index in [1.54, 1.807) is 0 Å². The predicted octanol–water partition coefficient (Wildman–Crippen LogP) is 4.12. The first-order chi connectivity index (χ1) is 10.3. The van der Waals surface area contributed by atoms with Crippen LogP contribution in [0.2, 0.25) is 0 Å². The van der Waals surface area contributed by atoms with Crippen LogP contribution in [0.1, 0.15) is 19.0 Å². The third kappa shape index (κ3) is 2.52. The average Bonchev–Trinajstić information content (AvgIpc) is 2.91. The van der Waals surface area contributed by atoms with Crippen molar-refractivity contribution in [3.05, 3.63) is 54.2 Å². The second-order valence-electron chi connectivity index (χ2n) is 5.03. The van der Waals surface area contributed by atoms with E-state index >= 15 is 0 Å². The molecule has 0 aliphatic heterocycles. The number of hydrogen-bond donors (Lipinski definition) is 2. The first-order valence-electron chi connectivity index (χ1n) is 7.27. The van der Waals surface area contributed by atoms with E-state index < -0.39 is 0 Å². The lowest BCUT2D eigenvalue weighted by Crippen LogP contribution is -1.97. The zero-order valence-corrected chi connectivity index (χ0v) is 12.1. The summed E-state index contributed by atoms with van der Waals surface area (Å²) >= 11 is 0. The minimum absolute atomic E-state index is 0.0217. The lowest BCUT2D eigenvalue weighted by Gasteiger charge is -2.11. The Balaban J connectivity index is 2.20. The van der Waals surface area contributed by atoms with Crippen molar-refractivity contribution < 1.29 is 9.84 Å². The number of nitrogens with one attached hydrogen (secondary N) is 1. The number of fused-ring (bicyclic) bond motifs is 1. The molecule has 0 saturated carbocycles. The average molecular weight is 281 g/mol. The Labute approximate surface area is 124 Å². The number of aromatic nitrogens is 1. The van der Waals surface area contributed by atoms with Crippen LogP contribution in [-0.4, -0.2) is 16.7 Å². The van der Waals surface area contributed by atoms with E-state index in [1.165, 1.54) is 0 Å². The molecule has 21 heavy (non-hydrogen) atoms. The molecule has 3 nitrogen and oxygen atoms in total. The fourth-order valence-electron chi connectivity index (χ4n) is 2.64. The summed E-state index contributed by atoms with van der Waals surface area (Å²) in [7, 11) is 0. The maximum absolute atomic E-state index is 9.68. The van der Waals surface area contributed by atoms with Crippen molar-refractivity contribution in [1.29, 1.82) is 0 Å². The molecule has 0 aliphatic rings. The Bertz CT molecular complexity index is 746. The molecule has 0 aliphatic carbocycles. The monoisotopic (exact) mass is 281 g/mol. The number of benzene rings is 2. The van der Waals surface area contributed by atoms with Gasteiger partial charge in [0.1, 0.15) is 5.75 Å². The van der Waals surface area contributed by atoms with Gasteiger partial charge >= 0.3 is 0 Å². The van der Waals surface area contributed by atoms with Gasteiger partial charge in [-0.1, -0.05) is 43.3 Å². The molecule has 0 unspecified atom stereocenters. The zero-order valence-electron chi connectivity index (χ0n) is 12.1. The second-order valence-corrected chi connectivity index (χ2v) is 5.03. The number of H-pyrrole nitrogens is 1. The molecule has 0 radical (unpaired) electrons. The fraction of sp³-hybridized carbons (Fsp3) is 0.222. The van der Waals surface area contributed by atoms with Crippen molar-refractivity contribution >= 4 is 10.9 Å². The van der Waals surface area contributed by atoms with Gasteiger partial charge in [0, 0.05) is 27.7 Å². The number of aromatic amines is 1. The van der Waals surface area contributed by atoms with E-state index in [1.807, 2.05) is 42.5 Å². The predicted molar refractivity (Wildman–Crippen MR) is 85.4 cm³/mol. The smallest absolute Gasteiger partial charge is 0.127 e. The van der Waals surface area contributed by atoms with Crippen molar-refractivity contribution in [3.63, 3.8) is 0 Å². The van der Waals surface area contributed by atoms with Crippen LogP contribution in [-0.2, 0) is 6.61 Å². The quantitative estimate of drug-likeness (QED) is 0.739. The van der Waals surface area contributed by atoms with Crippen molar-refractivity contribution in [2.75, 3.05) is 6.61 Å². The molecule has 0 bridgehead atoms. The van der Waals surface area contributed by atoms with Crippen LogP contribution in [0.15, 0.2) is 48.5 Å². The first kappa shape index (κ1) is 13.7. The van der Waals surface area contributed by atoms with Gasteiger partial charge in [0.2, 0.25) is 0 Å². The molecule has 2 aromatic carbocycles. The van der Waals surface area contributed by atoms with Gasteiger partial charge in [0.25, 0.3) is 0 Å². The number of aliphatic hydroxyl groups excluding tert-OH is 1. The summed E-state index contributed by atoms with van der Waals surface area (Å²) < 4.78 is 5.86. The van der Waals surface area contributed by atoms with Crippen molar-refractivity contribution in [2.45, 2.75) is 20.0 Å². The van der Waals surface area contributed by atoms with E-state index in [0.29, 0.717) is 6.61 Å². The number of para-hydroxylation sites is 2. The lowest BCUT2D eigenvalue weighted by atomic mass is 10.0. The number of hydrogen-bond acceptors (Lipinski definition) is 2. The van der Waals surface area contributed by atoms with Gasteiger partial charge in [-0.2, -0.15) is 0 Å². The van der Waals surface area contributed by atoms with Gasteiger partial charge in [-0.05, 0) is 18.6 Å². The van der Waals surface area contributed by atoms with Crippen LogP contribution >= 0.6 is 0 Å². The van der Waals surface area contributed by atoms with Crippen molar-refractivity contribution in [2.24, 2.45) is 0 Å². The number of rotatable bonds is 5. The number of aliphatic hydroxyl groups is 1. The molecule has 3 heteroatoms. The minimum atomic E-state index is -0.0217. The standard InChI is InChI=1S/C18H19NO2/c1-2-11-21-17-10-6-4-8-14(17)18-13-7-3-5-9-15(13)19-16(18)12-20/h3-10,19-20H,2,11-12H2,1H3. The van der Waals surface area contributed by atoms with E-state index in [2.05, 4.69) is 18.0 Å². The third-order valence-electron chi connectivity index (χ3n) is 3.56. The molecule has 108 valence electrons. The summed E-state index contributed by atoms with van der Waals surface area (Å²) in [6.45, 7) is 2.76. The van der Waals surface area contributed by atoms with E-state index in [9.17, 15) is 5.11 Å². The first-order valence-corrected chi connectivity index (χ1v) is 7.27. The van der Waals surface area contributed by atoms with Gasteiger partial charge < -0.3 is 14.8 Å². The van der Waals surface area contributed by atoms with Crippen LogP contribution in [0.3, 0.4) is 0 Å². The Morgan fingerprint density at radius 2 is 1.81 bits per heavy atom. The summed E-state index contributed by atoms with van der Waals surface area (Å²) in [6, 6.07) is 16.1. The largest absolute Gasteiger partial charge is 0.493 e. The summed E-state index contributed by atoms with van der Waals surface area (Å²) in [4.78, 5) is 3.29. The van der Waals surface area contributed by atoms with E-state index in [0.717, 1.165) is 39.9 Å². The van der Waals surface area contributed by atoms with Gasteiger partial charge in [-0.25, -0.2) is 0 Å². The van der Waals surface area contributed by atoms with Crippen molar-refractivity contribution in [1.82, 2.24) is 4.98 Å². The highest BCUT2D eigenvalue weighted by atomic mass is 16.5. The highest BCUT2D eigenvalue weighted by Gasteiger charge is 2.15. The van der Waals surface area contributed by atoms with E-state index in [-0.39, 0.29) is 6.61 Å². The Morgan fingerprint density at radius 1 is 1.05 bits per heavy atom. The molecule has 0 atom stereocenters. The van der Waals surface area contributed by atoms with E-state index in [4.69, 9.17) is 4.74 Å². The van der Waals surface area contributed by atoms with Gasteiger partial charge in [-0.15, -0.1) is 0 Å². The van der Waals surface area contributed by atoms with Crippen LogP contribution < -0.4 is 4.74 Å². The molecule has 3 aromatic rings. The normalized spacial score (nSPS) is 11.0. The van der Waals surface area contributed by atoms with Gasteiger partial charge in [-0.3, -0.25) is 0 Å². The Hall–Kier alpha value is -2.26. The molecule has 0 spiro atoms. The maximum Gasteiger partial charge on any atom is 0.127 e. The second kappa shape index (κ2) is 6.02. The SMILES string of the molecule is CCCOc1ccccc1-c1c(CO)[nH]c2ccccc12. The summed E-state index contributed by atoms with van der Waals surface area (Å²) in [5, 5.41) is 10.8. The zero-order chi connectivity index (χ0) is 14.7. The minimum Gasteiger partial charge on any atom is -0.493 e. The molecular formula is C18H19NO2. The van der Waals surface area contributed by atoms with Crippen LogP contribution in [0, 0.1) is 0 Å². The summed E-state index contributed by atoms with van der Waals surface area (Å²) in [6.07, 6.45) is 0.967. The molecule has 0 saturated heterocycles. The molecule has 1 aromatic heterocycles. The van der Waals surface area contributed by atoms with Gasteiger partial charge in [0.15, 0.2) is 0 Å². The molecule has 0 amide bonds. The Kier molecular flexibility index (Phi) is 3.93. The fourth-order valence-corrected chi connectivity index (χ4v) is 2.64. The van der Waals surface area contributed by atoms with Gasteiger partial charge in [0.05, 0.1) is 13.2 Å². The van der Waals surface area contributed by atoms with Crippen LogP contribution in [0.25, 0.3) is 22.0 Å². The molecule has 0 fully saturated rings. The molecule has 2 N–H and O–H groups in total. The molecular weight excluding hydrogens is 262 g/mol. The van der Waals surface area contributed by atoms with Crippen LogP contribution in [0.5, 0.6) is 5.75 Å². The van der Waals surface area contributed by atoms with Crippen LogP contribution in [0.4, 0.5) is 0 Å². The summed E-state index contributed by atoms with van der Waals surface area (Å²) in [5.74, 6) is 0.860. The highest BCUT2D eigenvalue weighted by Crippen LogP contribution is 2.37. The number of ether oxygens (including phenoxy) is 1. The third-order valence-corrected chi connectivity index (χ3v) is 3.56. The highest BCUT2D eigenvalue weighted by molar-refractivity contribution is 5.98. The van der Waals surface area contributed by atoms with Crippen molar-refractivity contribution in [3.8, 4) is 16.9 Å². The maximum atomic E-state index is 9.68. The molecule has 3 rings (SSSR count). The Morgan fingerprint density at radius 3 is 2.62 bits per heavy atom. The topological polar surface area (TPSA) is 45.2 Å². The lowest BCUT2D eigenvalue weighted by molar-refractivity contribution is 0.278. The molecule has 1 heterocycles.